The van der Waals surface area contributed by atoms with E-state index in [-0.39, 0.29) is 5.91 Å². The first kappa shape index (κ1) is 19.8. The van der Waals surface area contributed by atoms with E-state index >= 15 is 0 Å². The topological polar surface area (TPSA) is 85.1 Å². The van der Waals surface area contributed by atoms with Crippen molar-refractivity contribution in [3.63, 3.8) is 0 Å². The molecule has 30 heavy (non-hydrogen) atoms. The highest BCUT2D eigenvalue weighted by Crippen LogP contribution is 2.34. The maximum absolute atomic E-state index is 13.3. The minimum absolute atomic E-state index is 0.294. The van der Waals surface area contributed by atoms with E-state index in [1.807, 2.05) is 68.4 Å². The predicted molar refractivity (Wildman–Crippen MR) is 122 cm³/mol. The summed E-state index contributed by atoms with van der Waals surface area (Å²) in [6.07, 6.45) is 0.673. The van der Waals surface area contributed by atoms with Crippen molar-refractivity contribution in [1.29, 1.82) is 0 Å². The molecular formula is C24H21N3O2S. The van der Waals surface area contributed by atoms with E-state index in [1.54, 1.807) is 6.07 Å². The van der Waals surface area contributed by atoms with Crippen molar-refractivity contribution in [2.45, 2.75) is 20.3 Å². The number of para-hydroxylation sites is 1. The number of nitrogens with zero attached hydrogens (tertiary/aromatic N) is 1. The van der Waals surface area contributed by atoms with Gasteiger partial charge in [0.25, 0.3) is 11.8 Å². The largest absolute Gasteiger partial charge is 0.365 e. The number of aromatic nitrogens is 1. The predicted octanol–water partition coefficient (Wildman–Crippen LogP) is 5.19. The van der Waals surface area contributed by atoms with Gasteiger partial charge in [0.1, 0.15) is 5.00 Å². The third-order valence-electron chi connectivity index (χ3n) is 5.07. The number of fused-ring (bicyclic) bond motifs is 1. The second-order valence-corrected chi connectivity index (χ2v) is 8.18. The van der Waals surface area contributed by atoms with E-state index in [9.17, 15) is 9.59 Å². The maximum Gasteiger partial charge on any atom is 0.257 e. The standard InChI is InChI=1S/C24H21N3O2S/c1-3-16-14(2)30-24(21(16)22(25)28)27-23(29)18-13-20(15-9-5-4-6-10-15)26-19-12-8-7-11-17(18)19/h4-13H,3H2,1-2H3,(H2,25,28)(H,27,29). The Bertz CT molecular complexity index is 1260. The number of thiophene rings is 1. The highest BCUT2D eigenvalue weighted by molar-refractivity contribution is 7.16. The number of nitrogens with one attached hydrogen (secondary N) is 1. The van der Waals surface area contributed by atoms with Gasteiger partial charge in [0.2, 0.25) is 0 Å². The van der Waals surface area contributed by atoms with Crippen LogP contribution in [0.5, 0.6) is 0 Å². The molecule has 5 nitrogen and oxygen atoms in total. The summed E-state index contributed by atoms with van der Waals surface area (Å²) in [7, 11) is 0. The SMILES string of the molecule is CCc1c(C)sc(NC(=O)c2cc(-c3ccccc3)nc3ccccc23)c1C(N)=O. The molecule has 0 bridgehead atoms. The molecule has 3 N–H and O–H groups in total. The zero-order valence-corrected chi connectivity index (χ0v) is 17.5. The monoisotopic (exact) mass is 415 g/mol. The van der Waals surface area contributed by atoms with Crippen LogP contribution in [0.4, 0.5) is 5.00 Å². The van der Waals surface area contributed by atoms with Crippen LogP contribution in [-0.4, -0.2) is 16.8 Å². The van der Waals surface area contributed by atoms with Gasteiger partial charge in [0.15, 0.2) is 0 Å². The van der Waals surface area contributed by atoms with Crippen LogP contribution < -0.4 is 11.1 Å². The lowest BCUT2D eigenvalue weighted by Gasteiger charge is -2.11. The summed E-state index contributed by atoms with van der Waals surface area (Å²) in [4.78, 5) is 31.1. The minimum Gasteiger partial charge on any atom is -0.365 e. The van der Waals surface area contributed by atoms with Crippen molar-refractivity contribution < 1.29 is 9.59 Å². The molecule has 4 aromatic rings. The molecule has 2 heterocycles. The third kappa shape index (κ3) is 3.57. The molecule has 0 spiro atoms. The fraction of sp³-hybridized carbons (Fsp3) is 0.125. The van der Waals surface area contributed by atoms with E-state index in [1.165, 1.54) is 11.3 Å². The number of rotatable bonds is 5. The Kier molecular flexibility index (Phi) is 5.33. The van der Waals surface area contributed by atoms with Gasteiger partial charge in [-0.05, 0) is 31.0 Å². The summed E-state index contributed by atoms with van der Waals surface area (Å²) in [6.45, 7) is 3.90. The molecule has 0 saturated carbocycles. The Morgan fingerprint density at radius 1 is 1.07 bits per heavy atom. The average molecular weight is 416 g/mol. The molecular weight excluding hydrogens is 394 g/mol. The molecule has 4 rings (SSSR count). The third-order valence-corrected chi connectivity index (χ3v) is 6.13. The molecule has 150 valence electrons. The van der Waals surface area contributed by atoms with E-state index in [4.69, 9.17) is 10.7 Å². The molecule has 0 aliphatic heterocycles. The number of aryl methyl sites for hydroxylation is 1. The zero-order chi connectivity index (χ0) is 21.3. The Balaban J connectivity index is 1.82. The van der Waals surface area contributed by atoms with Gasteiger partial charge in [-0.1, -0.05) is 55.5 Å². The van der Waals surface area contributed by atoms with Crippen LogP contribution in [0.3, 0.4) is 0 Å². The number of carbonyl (C=O) groups excluding carboxylic acids is 2. The molecule has 0 atom stereocenters. The smallest absolute Gasteiger partial charge is 0.257 e. The van der Waals surface area contributed by atoms with Gasteiger partial charge < -0.3 is 11.1 Å². The first-order chi connectivity index (χ1) is 14.5. The van der Waals surface area contributed by atoms with Crippen LogP contribution in [0.2, 0.25) is 0 Å². The molecule has 0 radical (unpaired) electrons. The van der Waals surface area contributed by atoms with Gasteiger partial charge in [-0.3, -0.25) is 9.59 Å². The number of carbonyl (C=O) groups is 2. The van der Waals surface area contributed by atoms with E-state index in [2.05, 4.69) is 5.32 Å². The van der Waals surface area contributed by atoms with Crippen molar-refractivity contribution >= 4 is 39.1 Å². The summed E-state index contributed by atoms with van der Waals surface area (Å²) in [5.41, 5.74) is 9.77. The van der Waals surface area contributed by atoms with E-state index < -0.39 is 5.91 Å². The van der Waals surface area contributed by atoms with Crippen LogP contribution in [0.25, 0.3) is 22.2 Å². The Hall–Kier alpha value is -3.51. The molecule has 0 saturated heterocycles. The fourth-order valence-corrected chi connectivity index (χ4v) is 4.79. The maximum atomic E-state index is 13.3. The Morgan fingerprint density at radius 2 is 1.77 bits per heavy atom. The lowest BCUT2D eigenvalue weighted by atomic mass is 10.0. The van der Waals surface area contributed by atoms with Crippen molar-refractivity contribution in [1.82, 2.24) is 4.98 Å². The van der Waals surface area contributed by atoms with E-state index in [0.29, 0.717) is 28.2 Å². The van der Waals surface area contributed by atoms with Gasteiger partial charge in [-0.2, -0.15) is 0 Å². The second-order valence-electron chi connectivity index (χ2n) is 6.95. The van der Waals surface area contributed by atoms with Gasteiger partial charge >= 0.3 is 0 Å². The number of hydrogen-bond donors (Lipinski definition) is 2. The number of hydrogen-bond acceptors (Lipinski definition) is 4. The molecule has 0 unspecified atom stereocenters. The summed E-state index contributed by atoms with van der Waals surface area (Å²) >= 11 is 1.37. The highest BCUT2D eigenvalue weighted by atomic mass is 32.1. The Labute approximate surface area is 178 Å². The summed E-state index contributed by atoms with van der Waals surface area (Å²) in [5.74, 6) is -0.826. The van der Waals surface area contributed by atoms with Crippen LogP contribution in [0.1, 0.15) is 38.1 Å². The number of anilines is 1. The lowest BCUT2D eigenvalue weighted by Crippen LogP contribution is -2.18. The first-order valence-electron chi connectivity index (χ1n) is 9.68. The van der Waals surface area contributed by atoms with Crippen molar-refractivity contribution in [3.8, 4) is 11.3 Å². The molecule has 6 heteroatoms. The Morgan fingerprint density at radius 3 is 2.47 bits per heavy atom. The number of nitrogens with two attached hydrogens (primary N) is 1. The molecule has 2 aromatic heterocycles. The van der Waals surface area contributed by atoms with Crippen LogP contribution in [-0.2, 0) is 6.42 Å². The first-order valence-corrected chi connectivity index (χ1v) is 10.5. The molecule has 0 aliphatic carbocycles. The fourth-order valence-electron chi connectivity index (χ4n) is 3.64. The summed E-state index contributed by atoms with van der Waals surface area (Å²) in [6, 6.07) is 19.1. The van der Waals surface area contributed by atoms with Crippen molar-refractivity contribution in [2.75, 3.05) is 5.32 Å². The number of amides is 2. The second kappa shape index (κ2) is 8.08. The van der Waals surface area contributed by atoms with Crippen LogP contribution in [0, 0.1) is 6.92 Å². The summed E-state index contributed by atoms with van der Waals surface area (Å²) < 4.78 is 0. The summed E-state index contributed by atoms with van der Waals surface area (Å²) in [5, 5.41) is 4.16. The molecule has 2 amide bonds. The van der Waals surface area contributed by atoms with Gasteiger partial charge in [0, 0.05) is 15.8 Å². The molecule has 2 aromatic carbocycles. The van der Waals surface area contributed by atoms with Gasteiger partial charge in [-0.15, -0.1) is 11.3 Å². The normalized spacial score (nSPS) is 10.9. The van der Waals surface area contributed by atoms with Crippen LogP contribution >= 0.6 is 11.3 Å². The quantitative estimate of drug-likeness (QED) is 0.471. The van der Waals surface area contributed by atoms with Crippen LogP contribution in [0.15, 0.2) is 60.7 Å². The zero-order valence-electron chi connectivity index (χ0n) is 16.7. The van der Waals surface area contributed by atoms with Gasteiger partial charge in [-0.25, -0.2) is 4.98 Å². The highest BCUT2D eigenvalue weighted by Gasteiger charge is 2.22. The number of primary amides is 1. The van der Waals surface area contributed by atoms with Crippen molar-refractivity contribution in [2.24, 2.45) is 5.73 Å². The molecule has 0 fully saturated rings. The van der Waals surface area contributed by atoms with Gasteiger partial charge in [0.05, 0.1) is 22.3 Å². The average Bonchev–Trinajstić information content (AvgIpc) is 3.08. The minimum atomic E-state index is -0.531. The van der Waals surface area contributed by atoms with E-state index in [0.717, 1.165) is 26.9 Å². The van der Waals surface area contributed by atoms with Crippen molar-refractivity contribution in [3.05, 3.63) is 82.2 Å². The molecule has 0 aliphatic rings. The number of pyridine rings is 1. The lowest BCUT2D eigenvalue weighted by molar-refractivity contribution is 0.100. The number of benzene rings is 2.